The zero-order chi connectivity index (χ0) is 26.6. The van der Waals surface area contributed by atoms with E-state index in [0.717, 1.165) is 24.8 Å². The van der Waals surface area contributed by atoms with E-state index in [1.165, 1.54) is 0 Å². The summed E-state index contributed by atoms with van der Waals surface area (Å²) in [7, 11) is 1.58. The summed E-state index contributed by atoms with van der Waals surface area (Å²) in [5.74, 6) is 0.220. The molecule has 0 spiro atoms. The number of pyridine rings is 1. The standard InChI is InChI=1S/C27H31N5O5/c1-3-4-7-16-32(26(34)29-20-11-13-21(37-2)14-12-20)18-19-10-15-24(28-17-19)25(33)30-22-8-5-6-9-23(22)31-27(35)36/h5-6,8-15,17,31H,3-4,7,16,18H2,1-2H3,(H,29,34)(H,30,33)(H,35,36). The van der Waals surface area contributed by atoms with Crippen LogP contribution in [-0.2, 0) is 6.54 Å². The fourth-order valence-corrected chi connectivity index (χ4v) is 3.56. The van der Waals surface area contributed by atoms with Gasteiger partial charge in [-0.3, -0.25) is 15.1 Å². The SMILES string of the molecule is CCCCCN(Cc1ccc(C(=O)Nc2ccccc2NC(=O)O)nc1)C(=O)Nc1ccc(OC)cc1. The molecule has 1 aromatic heterocycles. The fraction of sp³-hybridized carbons (Fsp3) is 0.259. The van der Waals surface area contributed by atoms with Crippen LogP contribution < -0.4 is 20.7 Å². The van der Waals surface area contributed by atoms with Gasteiger partial charge in [0, 0.05) is 25.0 Å². The number of aromatic nitrogens is 1. The van der Waals surface area contributed by atoms with Gasteiger partial charge in [-0.1, -0.05) is 38.0 Å². The number of methoxy groups -OCH3 is 1. The smallest absolute Gasteiger partial charge is 0.409 e. The Morgan fingerprint density at radius 1 is 0.919 bits per heavy atom. The molecule has 4 N–H and O–H groups in total. The number of hydrogen-bond acceptors (Lipinski definition) is 5. The average Bonchev–Trinajstić information content (AvgIpc) is 2.90. The van der Waals surface area contributed by atoms with Crippen molar-refractivity contribution in [1.29, 1.82) is 0 Å². The molecule has 0 atom stereocenters. The van der Waals surface area contributed by atoms with Crippen LogP contribution >= 0.6 is 0 Å². The lowest BCUT2D eigenvalue weighted by Crippen LogP contribution is -2.35. The van der Waals surface area contributed by atoms with Crippen LogP contribution in [0.1, 0.15) is 42.2 Å². The topological polar surface area (TPSA) is 133 Å². The summed E-state index contributed by atoms with van der Waals surface area (Å²) < 4.78 is 5.16. The molecule has 0 aliphatic rings. The number of nitrogens with one attached hydrogen (secondary N) is 3. The highest BCUT2D eigenvalue weighted by Gasteiger charge is 2.16. The van der Waals surface area contributed by atoms with E-state index in [1.54, 1.807) is 78.9 Å². The lowest BCUT2D eigenvalue weighted by Gasteiger charge is -2.23. The van der Waals surface area contributed by atoms with Crippen molar-refractivity contribution >= 4 is 35.1 Å². The van der Waals surface area contributed by atoms with Crippen LogP contribution in [0.25, 0.3) is 0 Å². The molecule has 10 nitrogen and oxygen atoms in total. The molecule has 37 heavy (non-hydrogen) atoms. The van der Waals surface area contributed by atoms with Crippen LogP contribution in [-0.4, -0.2) is 46.7 Å². The molecule has 0 aliphatic carbocycles. The molecule has 0 saturated heterocycles. The number of rotatable bonds is 11. The summed E-state index contributed by atoms with van der Waals surface area (Å²) in [4.78, 5) is 42.6. The minimum absolute atomic E-state index is 0.161. The number of unbranched alkanes of at least 4 members (excludes halogenated alkanes) is 2. The number of carboxylic acid groups (broad SMARTS) is 1. The summed E-state index contributed by atoms with van der Waals surface area (Å²) in [5.41, 5.74) is 2.16. The lowest BCUT2D eigenvalue weighted by atomic mass is 10.2. The van der Waals surface area contributed by atoms with Gasteiger partial charge < -0.3 is 25.4 Å². The van der Waals surface area contributed by atoms with E-state index in [-0.39, 0.29) is 17.4 Å². The van der Waals surface area contributed by atoms with Gasteiger partial charge in [0.25, 0.3) is 5.91 Å². The molecule has 10 heteroatoms. The second-order valence-corrected chi connectivity index (χ2v) is 8.27. The van der Waals surface area contributed by atoms with Gasteiger partial charge >= 0.3 is 12.1 Å². The van der Waals surface area contributed by atoms with Crippen molar-refractivity contribution in [2.75, 3.05) is 29.6 Å². The van der Waals surface area contributed by atoms with E-state index >= 15 is 0 Å². The minimum atomic E-state index is -1.23. The maximum Gasteiger partial charge on any atom is 0.409 e. The van der Waals surface area contributed by atoms with Crippen LogP contribution in [0.4, 0.5) is 26.7 Å². The molecule has 2 aromatic carbocycles. The third-order valence-electron chi connectivity index (χ3n) is 5.51. The lowest BCUT2D eigenvalue weighted by molar-refractivity contribution is 0.102. The normalized spacial score (nSPS) is 10.3. The second-order valence-electron chi connectivity index (χ2n) is 8.27. The Morgan fingerprint density at radius 2 is 1.62 bits per heavy atom. The number of carbonyl (C=O) groups excluding carboxylic acids is 2. The summed E-state index contributed by atoms with van der Waals surface area (Å²) in [5, 5.41) is 16.8. The van der Waals surface area contributed by atoms with Gasteiger partial charge in [0.1, 0.15) is 11.4 Å². The first kappa shape index (κ1) is 27.0. The highest BCUT2D eigenvalue weighted by atomic mass is 16.5. The van der Waals surface area contributed by atoms with Crippen molar-refractivity contribution in [3.63, 3.8) is 0 Å². The number of amides is 4. The van der Waals surface area contributed by atoms with E-state index in [9.17, 15) is 14.4 Å². The molecule has 1 heterocycles. The van der Waals surface area contributed by atoms with E-state index in [1.807, 2.05) is 0 Å². The number of ether oxygens (including phenoxy) is 1. The first-order valence-electron chi connectivity index (χ1n) is 11.9. The van der Waals surface area contributed by atoms with Gasteiger partial charge in [-0.25, -0.2) is 9.59 Å². The first-order valence-corrected chi connectivity index (χ1v) is 11.9. The maximum absolute atomic E-state index is 13.0. The van der Waals surface area contributed by atoms with Crippen molar-refractivity contribution in [3.8, 4) is 5.75 Å². The van der Waals surface area contributed by atoms with Crippen LogP contribution in [0.2, 0.25) is 0 Å². The van der Waals surface area contributed by atoms with Crippen LogP contribution in [0, 0.1) is 0 Å². The number of anilines is 3. The molecular formula is C27H31N5O5. The van der Waals surface area contributed by atoms with Crippen molar-refractivity contribution in [2.24, 2.45) is 0 Å². The van der Waals surface area contributed by atoms with Crippen molar-refractivity contribution in [2.45, 2.75) is 32.7 Å². The van der Waals surface area contributed by atoms with Crippen LogP contribution in [0.3, 0.4) is 0 Å². The molecular weight excluding hydrogens is 474 g/mol. The molecule has 0 unspecified atom stereocenters. The monoisotopic (exact) mass is 505 g/mol. The quantitative estimate of drug-likeness (QED) is 0.249. The number of benzene rings is 2. The van der Waals surface area contributed by atoms with E-state index in [4.69, 9.17) is 9.84 Å². The van der Waals surface area contributed by atoms with Crippen LogP contribution in [0.5, 0.6) is 5.75 Å². The largest absolute Gasteiger partial charge is 0.497 e. The van der Waals surface area contributed by atoms with Gasteiger partial charge in [0.15, 0.2) is 0 Å². The zero-order valence-electron chi connectivity index (χ0n) is 20.9. The Kier molecular flexibility index (Phi) is 9.83. The summed E-state index contributed by atoms with van der Waals surface area (Å²) >= 11 is 0. The first-order chi connectivity index (χ1) is 17.9. The van der Waals surface area contributed by atoms with Gasteiger partial charge in [-0.2, -0.15) is 0 Å². The Balaban J connectivity index is 1.67. The van der Waals surface area contributed by atoms with Crippen LogP contribution in [0.15, 0.2) is 66.9 Å². The molecule has 0 aliphatic heterocycles. The highest BCUT2D eigenvalue weighted by Crippen LogP contribution is 2.22. The summed E-state index contributed by atoms with van der Waals surface area (Å²) in [6.45, 7) is 3.00. The van der Waals surface area contributed by atoms with E-state index < -0.39 is 12.0 Å². The van der Waals surface area contributed by atoms with Crippen molar-refractivity contribution < 1.29 is 24.2 Å². The molecule has 194 valence electrons. The molecule has 4 amide bonds. The summed E-state index contributed by atoms with van der Waals surface area (Å²) in [6.07, 6.45) is 3.23. The Morgan fingerprint density at radius 3 is 2.22 bits per heavy atom. The van der Waals surface area contributed by atoms with Gasteiger partial charge in [0.2, 0.25) is 0 Å². The molecule has 0 bridgehead atoms. The number of nitrogens with zero attached hydrogens (tertiary/aromatic N) is 2. The third-order valence-corrected chi connectivity index (χ3v) is 5.51. The fourth-order valence-electron chi connectivity index (χ4n) is 3.56. The average molecular weight is 506 g/mol. The van der Waals surface area contributed by atoms with Gasteiger partial charge in [0.05, 0.1) is 18.5 Å². The molecule has 0 fully saturated rings. The Hall–Kier alpha value is -4.60. The Labute approximate surface area is 215 Å². The number of hydrogen-bond donors (Lipinski definition) is 4. The predicted molar refractivity (Wildman–Crippen MR) is 142 cm³/mol. The van der Waals surface area contributed by atoms with Gasteiger partial charge in [-0.15, -0.1) is 0 Å². The highest BCUT2D eigenvalue weighted by molar-refractivity contribution is 6.05. The molecule has 3 aromatic rings. The predicted octanol–water partition coefficient (Wildman–Crippen LogP) is 5.66. The molecule has 0 radical (unpaired) electrons. The van der Waals surface area contributed by atoms with Gasteiger partial charge in [-0.05, 0) is 54.4 Å². The number of urea groups is 1. The molecule has 0 saturated carbocycles. The van der Waals surface area contributed by atoms with E-state index in [2.05, 4.69) is 27.9 Å². The third kappa shape index (κ3) is 8.24. The number of para-hydroxylation sites is 2. The number of carbonyl (C=O) groups is 3. The minimum Gasteiger partial charge on any atom is -0.497 e. The summed E-state index contributed by atoms with van der Waals surface area (Å²) in [6, 6.07) is 16.7. The van der Waals surface area contributed by atoms with E-state index in [0.29, 0.717) is 30.2 Å². The zero-order valence-corrected chi connectivity index (χ0v) is 20.9. The maximum atomic E-state index is 13.0. The Bertz CT molecular complexity index is 1200. The van der Waals surface area contributed by atoms with Crippen molar-refractivity contribution in [3.05, 3.63) is 78.1 Å². The van der Waals surface area contributed by atoms with Crippen molar-refractivity contribution in [1.82, 2.24) is 9.88 Å². The molecule has 3 rings (SSSR count). The second kappa shape index (κ2) is 13.5.